The van der Waals surface area contributed by atoms with Crippen LogP contribution >= 0.6 is 27.5 Å². The van der Waals surface area contributed by atoms with Gasteiger partial charge in [-0.05, 0) is 28.1 Å². The van der Waals surface area contributed by atoms with Gasteiger partial charge in [-0.3, -0.25) is 4.79 Å². The fourth-order valence-corrected chi connectivity index (χ4v) is 1.88. The zero-order valence-corrected chi connectivity index (χ0v) is 10.0. The van der Waals surface area contributed by atoms with Gasteiger partial charge in [-0.15, -0.1) is 0 Å². The number of hydrogen-bond donors (Lipinski definition) is 1. The number of ketones is 1. The maximum Gasteiger partial charge on any atom is 0.171 e. The third kappa shape index (κ3) is 1.94. The number of hydrogen-bond acceptors (Lipinski definition) is 2. The van der Waals surface area contributed by atoms with Gasteiger partial charge in [0.1, 0.15) is 0 Å². The molecule has 0 spiro atoms. The summed E-state index contributed by atoms with van der Waals surface area (Å²) in [5.74, 6) is -0.930. The van der Waals surface area contributed by atoms with E-state index >= 15 is 0 Å². The van der Waals surface area contributed by atoms with Gasteiger partial charge >= 0.3 is 0 Å². The molecular weight excluding hydrogens is 284 g/mol. The summed E-state index contributed by atoms with van der Waals surface area (Å²) in [6, 6.07) is 3.05. The lowest BCUT2D eigenvalue weighted by Crippen LogP contribution is -2.46. The zero-order valence-electron chi connectivity index (χ0n) is 7.69. The molecule has 1 aliphatic rings. The Morgan fingerprint density at radius 2 is 2.20 bits per heavy atom. The van der Waals surface area contributed by atoms with Crippen molar-refractivity contribution in [2.24, 2.45) is 5.92 Å². The number of nitrogens with one attached hydrogen (secondary N) is 1. The largest absolute Gasteiger partial charge is 0.315 e. The SMILES string of the molecule is O=C(c1ccc(Br)c(Cl)c1F)C1CNC1. The minimum atomic E-state index is -0.636. The monoisotopic (exact) mass is 291 g/mol. The molecule has 80 valence electrons. The van der Waals surface area contributed by atoms with Gasteiger partial charge in [0.15, 0.2) is 11.6 Å². The summed E-state index contributed by atoms with van der Waals surface area (Å²) in [4.78, 5) is 11.8. The lowest BCUT2D eigenvalue weighted by molar-refractivity contribution is 0.0874. The van der Waals surface area contributed by atoms with Gasteiger partial charge < -0.3 is 5.32 Å². The Bertz CT molecular complexity index is 420. The Morgan fingerprint density at radius 3 is 2.73 bits per heavy atom. The van der Waals surface area contributed by atoms with Crippen LogP contribution in [0.3, 0.4) is 0 Å². The summed E-state index contributed by atoms with van der Waals surface area (Å²) in [6.45, 7) is 1.23. The Kier molecular flexibility index (Phi) is 3.09. The van der Waals surface area contributed by atoms with Crippen LogP contribution in [-0.4, -0.2) is 18.9 Å². The average Bonchev–Trinajstić information content (AvgIpc) is 2.11. The molecule has 0 radical (unpaired) electrons. The molecule has 1 aromatic carbocycles. The number of halogens is 3. The second-order valence-corrected chi connectivity index (χ2v) is 4.67. The quantitative estimate of drug-likeness (QED) is 0.671. The second kappa shape index (κ2) is 4.20. The second-order valence-electron chi connectivity index (χ2n) is 3.44. The molecule has 1 heterocycles. The third-order valence-electron chi connectivity index (χ3n) is 2.45. The summed E-state index contributed by atoms with van der Waals surface area (Å²) < 4.78 is 14.1. The fraction of sp³-hybridized carbons (Fsp3) is 0.300. The van der Waals surface area contributed by atoms with Crippen molar-refractivity contribution in [2.45, 2.75) is 0 Å². The highest BCUT2D eigenvalue weighted by atomic mass is 79.9. The Labute approximate surface area is 99.9 Å². The first-order valence-electron chi connectivity index (χ1n) is 4.49. The van der Waals surface area contributed by atoms with Gasteiger partial charge in [-0.1, -0.05) is 11.6 Å². The van der Waals surface area contributed by atoms with Gasteiger partial charge in [0.05, 0.1) is 10.6 Å². The predicted octanol–water partition coefficient (Wildman–Crippen LogP) is 2.64. The van der Waals surface area contributed by atoms with E-state index in [1.807, 2.05) is 0 Å². The topological polar surface area (TPSA) is 29.1 Å². The smallest absolute Gasteiger partial charge is 0.171 e. The molecule has 1 aliphatic heterocycles. The molecule has 1 fully saturated rings. The Morgan fingerprint density at radius 1 is 1.53 bits per heavy atom. The van der Waals surface area contributed by atoms with E-state index in [-0.39, 0.29) is 22.3 Å². The van der Waals surface area contributed by atoms with Crippen LogP contribution < -0.4 is 5.32 Å². The van der Waals surface area contributed by atoms with Crippen LogP contribution in [0.2, 0.25) is 5.02 Å². The molecule has 1 saturated heterocycles. The molecule has 0 aromatic heterocycles. The summed E-state index contributed by atoms with van der Waals surface area (Å²) >= 11 is 8.80. The minimum absolute atomic E-state index is 0.0341. The van der Waals surface area contributed by atoms with Gasteiger partial charge in [-0.25, -0.2) is 4.39 Å². The molecule has 0 saturated carbocycles. The average molecular weight is 293 g/mol. The van der Waals surface area contributed by atoms with E-state index in [1.165, 1.54) is 6.07 Å². The zero-order chi connectivity index (χ0) is 11.0. The standard InChI is InChI=1S/C10H8BrClFNO/c11-7-2-1-6(9(13)8(7)12)10(15)5-3-14-4-5/h1-2,5,14H,3-4H2. The van der Waals surface area contributed by atoms with Crippen LogP contribution in [0.5, 0.6) is 0 Å². The maximum absolute atomic E-state index is 13.6. The van der Waals surface area contributed by atoms with Gasteiger partial charge in [0, 0.05) is 23.5 Å². The number of Topliss-reactive ketones (excluding diaryl/α,β-unsaturated/α-hetero) is 1. The molecule has 2 rings (SSSR count). The van der Waals surface area contributed by atoms with Crippen molar-refractivity contribution in [1.82, 2.24) is 5.32 Å². The van der Waals surface area contributed by atoms with E-state index in [1.54, 1.807) is 6.07 Å². The number of carbonyl (C=O) groups excluding carboxylic acids is 1. The molecule has 0 unspecified atom stereocenters. The fourth-order valence-electron chi connectivity index (χ4n) is 1.41. The first kappa shape index (κ1) is 11.0. The van der Waals surface area contributed by atoms with Crippen LogP contribution in [0.4, 0.5) is 4.39 Å². The highest BCUT2D eigenvalue weighted by molar-refractivity contribution is 9.10. The highest BCUT2D eigenvalue weighted by Crippen LogP contribution is 2.29. The van der Waals surface area contributed by atoms with Gasteiger partial charge in [-0.2, -0.15) is 0 Å². The van der Waals surface area contributed by atoms with E-state index in [2.05, 4.69) is 21.2 Å². The molecule has 1 aromatic rings. The molecule has 0 aliphatic carbocycles. The molecule has 0 amide bonds. The van der Waals surface area contributed by atoms with Crippen molar-refractivity contribution in [3.63, 3.8) is 0 Å². The molecule has 2 nitrogen and oxygen atoms in total. The summed E-state index contributed by atoms with van der Waals surface area (Å²) in [5, 5.41) is 2.94. The minimum Gasteiger partial charge on any atom is -0.315 e. The van der Waals surface area contributed by atoms with E-state index in [0.717, 1.165) is 0 Å². The van der Waals surface area contributed by atoms with Crippen molar-refractivity contribution in [1.29, 1.82) is 0 Å². The Hall–Kier alpha value is -0.450. The first-order chi connectivity index (χ1) is 7.11. The summed E-state index contributed by atoms with van der Waals surface area (Å²) in [5.41, 5.74) is 0.0784. The van der Waals surface area contributed by atoms with Crippen LogP contribution in [-0.2, 0) is 0 Å². The normalized spacial score (nSPS) is 16.2. The highest BCUT2D eigenvalue weighted by Gasteiger charge is 2.28. The predicted molar refractivity (Wildman–Crippen MR) is 59.8 cm³/mol. The number of rotatable bonds is 2. The lowest BCUT2D eigenvalue weighted by atomic mass is 9.92. The third-order valence-corrected chi connectivity index (χ3v) is 3.71. The van der Waals surface area contributed by atoms with Gasteiger partial charge in [0.25, 0.3) is 0 Å². The van der Waals surface area contributed by atoms with E-state index in [0.29, 0.717) is 17.6 Å². The van der Waals surface area contributed by atoms with Crippen molar-refractivity contribution in [2.75, 3.05) is 13.1 Å². The molecule has 0 bridgehead atoms. The lowest BCUT2D eigenvalue weighted by Gasteiger charge is -2.25. The van der Waals surface area contributed by atoms with E-state index in [4.69, 9.17) is 11.6 Å². The molecule has 5 heteroatoms. The molecule has 0 atom stereocenters. The Balaban J connectivity index is 2.35. The van der Waals surface area contributed by atoms with E-state index in [9.17, 15) is 9.18 Å². The molecular formula is C10H8BrClFNO. The summed E-state index contributed by atoms with van der Waals surface area (Å²) in [7, 11) is 0. The van der Waals surface area contributed by atoms with Crippen molar-refractivity contribution in [3.8, 4) is 0 Å². The summed E-state index contributed by atoms with van der Waals surface area (Å²) in [6.07, 6.45) is 0. The van der Waals surface area contributed by atoms with Crippen LogP contribution in [0.15, 0.2) is 16.6 Å². The van der Waals surface area contributed by atoms with Crippen molar-refractivity contribution >= 4 is 33.3 Å². The van der Waals surface area contributed by atoms with Gasteiger partial charge in [0.2, 0.25) is 0 Å². The maximum atomic E-state index is 13.6. The van der Waals surface area contributed by atoms with Crippen molar-refractivity contribution in [3.05, 3.63) is 33.0 Å². The molecule has 15 heavy (non-hydrogen) atoms. The van der Waals surface area contributed by atoms with E-state index < -0.39 is 5.82 Å². The van der Waals surface area contributed by atoms with Crippen molar-refractivity contribution < 1.29 is 9.18 Å². The molecule has 1 N–H and O–H groups in total. The number of carbonyl (C=O) groups is 1. The van der Waals surface area contributed by atoms with Crippen LogP contribution in [0.25, 0.3) is 0 Å². The first-order valence-corrected chi connectivity index (χ1v) is 5.66. The van der Waals surface area contributed by atoms with Crippen LogP contribution in [0, 0.1) is 11.7 Å². The number of benzene rings is 1. The van der Waals surface area contributed by atoms with Crippen LogP contribution in [0.1, 0.15) is 10.4 Å².